The molecule has 2 aromatic rings. The topological polar surface area (TPSA) is 70.8 Å². The highest BCUT2D eigenvalue weighted by molar-refractivity contribution is 5.97. The predicted molar refractivity (Wildman–Crippen MR) is 73.3 cm³/mol. The molecule has 1 heterocycles. The van der Waals surface area contributed by atoms with Crippen LogP contribution in [0.25, 0.3) is 11.0 Å². The van der Waals surface area contributed by atoms with E-state index in [2.05, 4.69) is 5.92 Å². The number of aryl methyl sites for hydroxylation is 1. The molecule has 1 N–H and O–H groups in total. The van der Waals surface area contributed by atoms with E-state index >= 15 is 0 Å². The van der Waals surface area contributed by atoms with E-state index in [0.29, 0.717) is 5.58 Å². The fraction of sp³-hybridized carbons (Fsp3) is 0.200. The van der Waals surface area contributed by atoms with Gasteiger partial charge in [-0.1, -0.05) is 17.6 Å². The lowest BCUT2D eigenvalue weighted by molar-refractivity contribution is -0.137. The van der Waals surface area contributed by atoms with Crippen LogP contribution in [-0.2, 0) is 4.79 Å². The Kier molecular flexibility index (Phi) is 3.76. The van der Waals surface area contributed by atoms with Crippen molar-refractivity contribution in [3.8, 4) is 12.3 Å². The van der Waals surface area contributed by atoms with Crippen molar-refractivity contribution >= 4 is 22.8 Å². The molecule has 0 saturated carbocycles. The van der Waals surface area contributed by atoms with Gasteiger partial charge in [-0.15, -0.1) is 6.42 Å². The summed E-state index contributed by atoms with van der Waals surface area (Å²) in [4.78, 5) is 24.0. The quantitative estimate of drug-likeness (QED) is 0.862. The van der Waals surface area contributed by atoms with Gasteiger partial charge in [-0.2, -0.15) is 0 Å². The molecular weight excluding hydrogens is 258 g/mol. The van der Waals surface area contributed by atoms with Gasteiger partial charge in [-0.25, -0.2) is 0 Å². The molecule has 102 valence electrons. The summed E-state index contributed by atoms with van der Waals surface area (Å²) in [6, 6.07) is 7.12. The van der Waals surface area contributed by atoms with E-state index in [9.17, 15) is 9.59 Å². The molecule has 0 aliphatic carbocycles. The molecule has 0 bridgehead atoms. The first kappa shape index (κ1) is 13.7. The summed E-state index contributed by atoms with van der Waals surface area (Å²) in [6.45, 7) is 1.39. The zero-order valence-electron chi connectivity index (χ0n) is 10.9. The average Bonchev–Trinajstić information content (AvgIpc) is 2.79. The van der Waals surface area contributed by atoms with Gasteiger partial charge in [0.15, 0.2) is 5.76 Å². The number of fused-ring (bicyclic) bond motifs is 1. The number of hydrogen-bond acceptors (Lipinski definition) is 3. The number of terminal acetylenes is 1. The van der Waals surface area contributed by atoms with E-state index in [1.807, 2.05) is 19.1 Å². The maximum atomic E-state index is 12.2. The van der Waals surface area contributed by atoms with Crippen LogP contribution in [0.4, 0.5) is 0 Å². The van der Waals surface area contributed by atoms with Crippen LogP contribution in [0.5, 0.6) is 0 Å². The van der Waals surface area contributed by atoms with Crippen LogP contribution in [0.1, 0.15) is 16.1 Å². The van der Waals surface area contributed by atoms with Crippen molar-refractivity contribution in [2.45, 2.75) is 6.92 Å². The van der Waals surface area contributed by atoms with Crippen molar-refractivity contribution in [1.82, 2.24) is 4.90 Å². The molecule has 0 radical (unpaired) electrons. The Morgan fingerprint density at radius 3 is 2.80 bits per heavy atom. The number of benzene rings is 1. The molecule has 1 amide bonds. The third-order valence-electron chi connectivity index (χ3n) is 2.78. The SMILES string of the molecule is C#CCN(CC(=O)O)C(=O)c1cc2cc(C)ccc2o1. The fourth-order valence-electron chi connectivity index (χ4n) is 1.90. The number of carboxylic acids is 1. The van der Waals surface area contributed by atoms with Gasteiger partial charge >= 0.3 is 5.97 Å². The van der Waals surface area contributed by atoms with Crippen molar-refractivity contribution in [2.24, 2.45) is 0 Å². The Labute approximate surface area is 115 Å². The number of furan rings is 1. The number of carbonyl (C=O) groups excluding carboxylic acids is 1. The molecule has 5 nitrogen and oxygen atoms in total. The average molecular weight is 271 g/mol. The van der Waals surface area contributed by atoms with Crippen molar-refractivity contribution in [3.05, 3.63) is 35.6 Å². The van der Waals surface area contributed by atoms with Crippen LogP contribution in [-0.4, -0.2) is 35.0 Å². The Hall–Kier alpha value is -2.74. The largest absolute Gasteiger partial charge is 0.480 e. The first-order valence-corrected chi connectivity index (χ1v) is 5.96. The third kappa shape index (κ3) is 2.81. The molecular formula is C15H13NO4. The Bertz CT molecular complexity index is 708. The molecule has 0 atom stereocenters. The van der Waals surface area contributed by atoms with Crippen LogP contribution < -0.4 is 0 Å². The van der Waals surface area contributed by atoms with E-state index in [4.69, 9.17) is 15.9 Å². The third-order valence-corrected chi connectivity index (χ3v) is 2.78. The van der Waals surface area contributed by atoms with E-state index < -0.39 is 18.4 Å². The van der Waals surface area contributed by atoms with Crippen molar-refractivity contribution < 1.29 is 19.1 Å². The van der Waals surface area contributed by atoms with Gasteiger partial charge < -0.3 is 14.4 Å². The number of aliphatic carboxylic acids is 1. The van der Waals surface area contributed by atoms with Crippen LogP contribution in [0.3, 0.4) is 0 Å². The Morgan fingerprint density at radius 1 is 1.40 bits per heavy atom. The van der Waals surface area contributed by atoms with Gasteiger partial charge in [-0.3, -0.25) is 9.59 Å². The summed E-state index contributed by atoms with van der Waals surface area (Å²) in [5.74, 6) is 0.699. The Morgan fingerprint density at radius 2 is 2.15 bits per heavy atom. The monoisotopic (exact) mass is 271 g/mol. The van der Waals surface area contributed by atoms with Gasteiger partial charge in [0, 0.05) is 5.39 Å². The number of carboxylic acid groups (broad SMARTS) is 1. The molecule has 0 aliphatic rings. The molecule has 5 heteroatoms. The van der Waals surface area contributed by atoms with Gasteiger partial charge in [0.2, 0.25) is 0 Å². The first-order valence-electron chi connectivity index (χ1n) is 5.96. The number of rotatable bonds is 4. The summed E-state index contributed by atoms with van der Waals surface area (Å²) in [5, 5.41) is 9.59. The summed E-state index contributed by atoms with van der Waals surface area (Å²) in [6.07, 6.45) is 5.15. The highest BCUT2D eigenvalue weighted by Crippen LogP contribution is 2.21. The lowest BCUT2D eigenvalue weighted by Crippen LogP contribution is -2.35. The van der Waals surface area contributed by atoms with E-state index in [1.165, 1.54) is 0 Å². The van der Waals surface area contributed by atoms with Crippen molar-refractivity contribution in [2.75, 3.05) is 13.1 Å². The highest BCUT2D eigenvalue weighted by Gasteiger charge is 2.21. The number of hydrogen-bond donors (Lipinski definition) is 1. The van der Waals surface area contributed by atoms with Crippen LogP contribution in [0, 0.1) is 19.3 Å². The molecule has 0 fully saturated rings. The van der Waals surface area contributed by atoms with E-state index in [0.717, 1.165) is 15.8 Å². The smallest absolute Gasteiger partial charge is 0.323 e. The fourth-order valence-corrected chi connectivity index (χ4v) is 1.90. The molecule has 1 aromatic carbocycles. The Balaban J connectivity index is 2.33. The summed E-state index contributed by atoms with van der Waals surface area (Å²) >= 11 is 0. The van der Waals surface area contributed by atoms with Crippen LogP contribution >= 0.6 is 0 Å². The predicted octanol–water partition coefficient (Wildman–Crippen LogP) is 1.90. The second-order valence-corrected chi connectivity index (χ2v) is 4.41. The number of nitrogens with zero attached hydrogens (tertiary/aromatic N) is 1. The van der Waals surface area contributed by atoms with Crippen LogP contribution in [0.2, 0.25) is 0 Å². The zero-order valence-corrected chi connectivity index (χ0v) is 10.9. The number of amides is 1. The lowest BCUT2D eigenvalue weighted by Gasteiger charge is -2.15. The van der Waals surface area contributed by atoms with Crippen LogP contribution in [0.15, 0.2) is 28.7 Å². The van der Waals surface area contributed by atoms with Crippen molar-refractivity contribution in [3.63, 3.8) is 0 Å². The molecule has 0 aliphatic heterocycles. The maximum absolute atomic E-state index is 12.2. The molecule has 2 rings (SSSR count). The summed E-state index contributed by atoms with van der Waals surface area (Å²) < 4.78 is 5.44. The summed E-state index contributed by atoms with van der Waals surface area (Å²) in [7, 11) is 0. The second kappa shape index (κ2) is 5.49. The van der Waals surface area contributed by atoms with Gasteiger partial charge in [0.1, 0.15) is 12.1 Å². The van der Waals surface area contributed by atoms with E-state index in [1.54, 1.807) is 12.1 Å². The van der Waals surface area contributed by atoms with E-state index in [-0.39, 0.29) is 12.3 Å². The molecule has 1 aromatic heterocycles. The zero-order chi connectivity index (χ0) is 14.7. The van der Waals surface area contributed by atoms with Gasteiger partial charge in [0.25, 0.3) is 5.91 Å². The second-order valence-electron chi connectivity index (χ2n) is 4.41. The molecule has 0 spiro atoms. The van der Waals surface area contributed by atoms with Gasteiger partial charge in [-0.05, 0) is 25.1 Å². The normalized spacial score (nSPS) is 10.2. The van der Waals surface area contributed by atoms with Gasteiger partial charge in [0.05, 0.1) is 6.54 Å². The minimum atomic E-state index is -1.12. The van der Waals surface area contributed by atoms with Crippen molar-refractivity contribution in [1.29, 1.82) is 0 Å². The minimum absolute atomic E-state index is 0.0821. The standard InChI is InChI=1S/C15H13NO4/c1-3-6-16(9-14(17)18)15(19)13-8-11-7-10(2)4-5-12(11)20-13/h1,4-5,7-8H,6,9H2,2H3,(H,17,18). The minimum Gasteiger partial charge on any atom is -0.480 e. The molecule has 0 saturated heterocycles. The summed E-state index contributed by atoms with van der Waals surface area (Å²) in [5.41, 5.74) is 1.62. The molecule has 20 heavy (non-hydrogen) atoms. The molecule has 0 unspecified atom stereocenters. The first-order chi connectivity index (χ1) is 9.51. The highest BCUT2D eigenvalue weighted by atomic mass is 16.4. The number of carbonyl (C=O) groups is 2. The maximum Gasteiger partial charge on any atom is 0.323 e. The lowest BCUT2D eigenvalue weighted by atomic mass is 10.2.